The van der Waals surface area contributed by atoms with Crippen molar-refractivity contribution in [2.75, 3.05) is 5.32 Å². The highest BCUT2D eigenvalue weighted by molar-refractivity contribution is 7.20. The van der Waals surface area contributed by atoms with E-state index in [4.69, 9.17) is 11.6 Å². The number of halogens is 2. The van der Waals surface area contributed by atoms with Gasteiger partial charge in [0.25, 0.3) is 5.56 Å². The lowest BCUT2D eigenvalue weighted by molar-refractivity contribution is 0.600. The first-order valence-electron chi connectivity index (χ1n) is 6.11. The van der Waals surface area contributed by atoms with Crippen LogP contribution < -0.4 is 10.9 Å². The van der Waals surface area contributed by atoms with Crippen molar-refractivity contribution in [3.05, 3.63) is 57.2 Å². The number of nitrogens with zero attached hydrogens (tertiary/aromatic N) is 3. The topological polar surface area (TPSA) is 59.3 Å². The molecule has 1 aromatic carbocycles. The van der Waals surface area contributed by atoms with E-state index in [2.05, 4.69) is 15.4 Å². The van der Waals surface area contributed by atoms with E-state index in [1.165, 1.54) is 34.2 Å². The van der Waals surface area contributed by atoms with Crippen LogP contribution in [0.4, 0.5) is 9.52 Å². The molecular formula is C13H10ClFN4OS. The summed E-state index contributed by atoms with van der Waals surface area (Å²) in [5.41, 5.74) is 0.0969. The molecule has 0 aliphatic heterocycles. The third-order valence-electron chi connectivity index (χ3n) is 2.94. The molecule has 0 aliphatic rings. The predicted octanol–water partition coefficient (Wildman–Crippen LogP) is 3.12. The summed E-state index contributed by atoms with van der Waals surface area (Å²) in [6, 6.07) is 5.46. The Hall–Kier alpha value is -1.99. The summed E-state index contributed by atoms with van der Waals surface area (Å²) in [6.45, 7) is 1.77. The van der Waals surface area contributed by atoms with Gasteiger partial charge in [-0.15, -0.1) is 5.10 Å². The second-order valence-corrected chi connectivity index (χ2v) is 5.75. The SMILES string of the molecule is CC(Nc1nn2c(=O)ccnc2s1)c1c(F)cccc1Cl. The zero-order chi connectivity index (χ0) is 15.0. The maximum absolute atomic E-state index is 13.9. The van der Waals surface area contributed by atoms with Gasteiger partial charge in [-0.3, -0.25) is 4.79 Å². The molecule has 1 unspecified atom stereocenters. The molecule has 0 fully saturated rings. The van der Waals surface area contributed by atoms with Crippen molar-refractivity contribution in [2.24, 2.45) is 0 Å². The van der Waals surface area contributed by atoms with Gasteiger partial charge in [-0.25, -0.2) is 9.37 Å². The highest BCUT2D eigenvalue weighted by atomic mass is 35.5. The number of fused-ring (bicyclic) bond motifs is 1. The Balaban J connectivity index is 1.95. The van der Waals surface area contributed by atoms with Crippen molar-refractivity contribution < 1.29 is 4.39 Å². The average Bonchev–Trinajstić information content (AvgIpc) is 2.82. The third-order valence-corrected chi connectivity index (χ3v) is 4.13. The minimum absolute atomic E-state index is 0.263. The molecule has 1 atom stereocenters. The van der Waals surface area contributed by atoms with E-state index < -0.39 is 6.04 Å². The van der Waals surface area contributed by atoms with Crippen molar-refractivity contribution >= 4 is 33.0 Å². The average molecular weight is 325 g/mol. The minimum atomic E-state index is -0.394. The molecule has 3 rings (SSSR count). The lowest BCUT2D eigenvalue weighted by Crippen LogP contribution is -2.14. The zero-order valence-electron chi connectivity index (χ0n) is 10.9. The van der Waals surface area contributed by atoms with Crippen LogP contribution in [0.2, 0.25) is 5.02 Å². The number of anilines is 1. The molecule has 2 aromatic heterocycles. The van der Waals surface area contributed by atoms with Gasteiger partial charge in [-0.1, -0.05) is 29.0 Å². The molecule has 8 heteroatoms. The van der Waals surface area contributed by atoms with E-state index in [0.29, 0.717) is 20.7 Å². The van der Waals surface area contributed by atoms with Crippen molar-refractivity contribution in [1.82, 2.24) is 14.6 Å². The Kier molecular flexibility index (Phi) is 3.60. The second-order valence-electron chi connectivity index (χ2n) is 4.39. The molecule has 5 nitrogen and oxygen atoms in total. The Bertz CT molecular complexity index is 842. The second kappa shape index (κ2) is 5.42. The van der Waals surface area contributed by atoms with Crippen LogP contribution in [0.25, 0.3) is 4.96 Å². The summed E-state index contributed by atoms with van der Waals surface area (Å²) >= 11 is 7.24. The molecule has 0 saturated carbocycles. The number of nitrogens with one attached hydrogen (secondary N) is 1. The minimum Gasteiger partial charge on any atom is -0.353 e. The van der Waals surface area contributed by atoms with Gasteiger partial charge in [0.2, 0.25) is 10.1 Å². The highest BCUT2D eigenvalue weighted by Crippen LogP contribution is 2.29. The van der Waals surface area contributed by atoms with Gasteiger partial charge in [0, 0.05) is 22.8 Å². The van der Waals surface area contributed by atoms with E-state index in [-0.39, 0.29) is 11.4 Å². The number of hydrogen-bond acceptors (Lipinski definition) is 5. The fourth-order valence-corrected chi connectivity index (χ4v) is 3.17. The van der Waals surface area contributed by atoms with Gasteiger partial charge in [0.1, 0.15) is 5.82 Å². The predicted molar refractivity (Wildman–Crippen MR) is 80.6 cm³/mol. The maximum Gasteiger partial charge on any atom is 0.275 e. The lowest BCUT2D eigenvalue weighted by Gasteiger charge is -2.15. The number of benzene rings is 1. The van der Waals surface area contributed by atoms with Crippen LogP contribution in [0.5, 0.6) is 0 Å². The van der Waals surface area contributed by atoms with E-state index in [9.17, 15) is 9.18 Å². The van der Waals surface area contributed by atoms with Gasteiger partial charge in [0.15, 0.2) is 0 Å². The van der Waals surface area contributed by atoms with Gasteiger partial charge in [-0.05, 0) is 19.1 Å². The van der Waals surface area contributed by atoms with Crippen molar-refractivity contribution in [3.8, 4) is 0 Å². The fraction of sp³-hybridized carbons (Fsp3) is 0.154. The summed E-state index contributed by atoms with van der Waals surface area (Å²) in [7, 11) is 0. The van der Waals surface area contributed by atoms with Crippen LogP contribution in [0.15, 0.2) is 35.3 Å². The van der Waals surface area contributed by atoms with E-state index in [0.717, 1.165) is 0 Å². The summed E-state index contributed by atoms with van der Waals surface area (Å²) in [4.78, 5) is 16.1. The summed E-state index contributed by atoms with van der Waals surface area (Å²) in [5, 5.41) is 7.97. The molecule has 0 bridgehead atoms. The van der Waals surface area contributed by atoms with Crippen molar-refractivity contribution in [2.45, 2.75) is 13.0 Å². The lowest BCUT2D eigenvalue weighted by atomic mass is 10.1. The summed E-state index contributed by atoms with van der Waals surface area (Å²) in [6.07, 6.45) is 1.43. The van der Waals surface area contributed by atoms with Crippen LogP contribution in [0.3, 0.4) is 0 Å². The Morgan fingerprint density at radius 3 is 2.95 bits per heavy atom. The maximum atomic E-state index is 13.9. The molecule has 0 aliphatic carbocycles. The first kappa shape index (κ1) is 14.0. The quantitative estimate of drug-likeness (QED) is 0.804. The van der Waals surface area contributed by atoms with Crippen LogP contribution in [-0.2, 0) is 0 Å². The Morgan fingerprint density at radius 1 is 1.43 bits per heavy atom. The molecule has 0 saturated heterocycles. The summed E-state index contributed by atoms with van der Waals surface area (Å²) < 4.78 is 15.1. The first-order valence-corrected chi connectivity index (χ1v) is 7.31. The Morgan fingerprint density at radius 2 is 2.24 bits per heavy atom. The van der Waals surface area contributed by atoms with Crippen LogP contribution in [-0.4, -0.2) is 14.6 Å². The first-order chi connectivity index (χ1) is 10.1. The van der Waals surface area contributed by atoms with E-state index in [1.54, 1.807) is 19.1 Å². The number of hydrogen-bond donors (Lipinski definition) is 1. The molecular weight excluding hydrogens is 315 g/mol. The zero-order valence-corrected chi connectivity index (χ0v) is 12.5. The fourth-order valence-electron chi connectivity index (χ4n) is 1.98. The van der Waals surface area contributed by atoms with Crippen LogP contribution in [0.1, 0.15) is 18.5 Å². The monoisotopic (exact) mass is 324 g/mol. The Labute approximate surface area is 128 Å². The van der Waals surface area contributed by atoms with E-state index >= 15 is 0 Å². The molecule has 21 heavy (non-hydrogen) atoms. The van der Waals surface area contributed by atoms with Gasteiger partial charge in [0.05, 0.1) is 6.04 Å². The van der Waals surface area contributed by atoms with Crippen molar-refractivity contribution in [1.29, 1.82) is 0 Å². The highest BCUT2D eigenvalue weighted by Gasteiger charge is 2.16. The number of aromatic nitrogens is 3. The van der Waals surface area contributed by atoms with Crippen molar-refractivity contribution in [3.63, 3.8) is 0 Å². The molecule has 3 aromatic rings. The smallest absolute Gasteiger partial charge is 0.275 e. The third kappa shape index (κ3) is 2.62. The molecule has 2 heterocycles. The van der Waals surface area contributed by atoms with Gasteiger partial charge < -0.3 is 5.32 Å². The normalized spacial score (nSPS) is 12.5. The van der Waals surface area contributed by atoms with Crippen LogP contribution in [0, 0.1) is 5.82 Å². The number of rotatable bonds is 3. The molecule has 1 N–H and O–H groups in total. The molecule has 108 valence electrons. The summed E-state index contributed by atoms with van der Waals surface area (Å²) in [5.74, 6) is -0.390. The van der Waals surface area contributed by atoms with Gasteiger partial charge >= 0.3 is 0 Å². The molecule has 0 radical (unpaired) electrons. The van der Waals surface area contributed by atoms with Crippen LogP contribution >= 0.6 is 22.9 Å². The molecule has 0 spiro atoms. The van der Waals surface area contributed by atoms with E-state index in [1.807, 2.05) is 0 Å². The standard InChI is InChI=1S/C13H10ClFN4OS/c1-7(11-8(14)3-2-4-9(11)15)17-12-18-19-10(20)5-6-16-13(19)21-12/h2-7H,1H3,(H,17,18). The van der Waals surface area contributed by atoms with Gasteiger partial charge in [-0.2, -0.15) is 4.52 Å². The molecule has 0 amide bonds. The largest absolute Gasteiger partial charge is 0.353 e.